The first-order chi connectivity index (χ1) is 9.32. The van der Waals surface area contributed by atoms with E-state index in [1.807, 2.05) is 11.8 Å². The number of aryl methyl sites for hydroxylation is 1. The number of hydrogen-bond acceptors (Lipinski definition) is 2. The second kappa shape index (κ2) is 7.35. The summed E-state index contributed by atoms with van der Waals surface area (Å²) in [5.41, 5.74) is 3.60. The third-order valence-electron chi connectivity index (χ3n) is 4.37. The van der Waals surface area contributed by atoms with Crippen molar-refractivity contribution >= 4 is 11.8 Å². The van der Waals surface area contributed by atoms with Gasteiger partial charge < -0.3 is 5.32 Å². The summed E-state index contributed by atoms with van der Waals surface area (Å²) >= 11 is 1.98. The first-order valence-corrected chi connectivity index (χ1v) is 9.00. The van der Waals surface area contributed by atoms with Gasteiger partial charge in [-0.1, -0.05) is 31.2 Å². The first-order valence-electron chi connectivity index (χ1n) is 7.60. The van der Waals surface area contributed by atoms with Crippen LogP contribution in [-0.4, -0.2) is 25.1 Å². The number of benzene rings is 1. The predicted molar refractivity (Wildman–Crippen MR) is 87.2 cm³/mol. The van der Waals surface area contributed by atoms with Gasteiger partial charge in [0.25, 0.3) is 0 Å². The highest BCUT2D eigenvalue weighted by atomic mass is 32.2. The molecular formula is C17H27NS. The van der Waals surface area contributed by atoms with Gasteiger partial charge in [0.15, 0.2) is 0 Å². The molecule has 1 aromatic rings. The van der Waals surface area contributed by atoms with Crippen molar-refractivity contribution in [2.24, 2.45) is 0 Å². The van der Waals surface area contributed by atoms with Gasteiger partial charge in [0.05, 0.1) is 0 Å². The zero-order chi connectivity index (χ0) is 13.6. The molecule has 0 heterocycles. The van der Waals surface area contributed by atoms with Crippen molar-refractivity contribution in [3.05, 3.63) is 35.4 Å². The van der Waals surface area contributed by atoms with Gasteiger partial charge in [0, 0.05) is 12.0 Å². The summed E-state index contributed by atoms with van der Waals surface area (Å²) in [6.45, 7) is 4.54. The lowest BCUT2D eigenvalue weighted by atomic mass is 9.68. The van der Waals surface area contributed by atoms with Crippen LogP contribution in [0.1, 0.15) is 43.7 Å². The molecule has 0 saturated heterocycles. The smallest absolute Gasteiger partial charge is 0.00884 e. The molecule has 0 aromatic heterocycles. The fraction of sp³-hybridized carbons (Fsp3) is 0.647. The van der Waals surface area contributed by atoms with Gasteiger partial charge in [0.1, 0.15) is 0 Å². The second-order valence-electron chi connectivity index (χ2n) is 5.71. The maximum Gasteiger partial charge on any atom is 0.00884 e. The van der Waals surface area contributed by atoms with Crippen LogP contribution in [0.5, 0.6) is 0 Å². The second-order valence-corrected chi connectivity index (χ2v) is 6.70. The number of hydrogen-bond donors (Lipinski definition) is 1. The lowest BCUT2D eigenvalue weighted by Gasteiger charge is -2.40. The zero-order valence-corrected chi connectivity index (χ0v) is 13.2. The van der Waals surface area contributed by atoms with Gasteiger partial charge in [-0.25, -0.2) is 0 Å². The van der Waals surface area contributed by atoms with Crippen LogP contribution in [0, 0.1) is 0 Å². The largest absolute Gasteiger partial charge is 0.316 e. The van der Waals surface area contributed by atoms with Gasteiger partial charge in [-0.15, -0.1) is 0 Å². The Balaban J connectivity index is 2.22. The molecule has 0 spiro atoms. The van der Waals surface area contributed by atoms with Crippen molar-refractivity contribution in [3.63, 3.8) is 0 Å². The number of fused-ring (bicyclic) bond motifs is 1. The Morgan fingerprint density at radius 3 is 2.95 bits per heavy atom. The van der Waals surface area contributed by atoms with E-state index in [-0.39, 0.29) is 0 Å². The van der Waals surface area contributed by atoms with Crippen LogP contribution in [0.3, 0.4) is 0 Å². The van der Waals surface area contributed by atoms with E-state index in [0.717, 1.165) is 13.1 Å². The summed E-state index contributed by atoms with van der Waals surface area (Å²) < 4.78 is 0. The molecule has 0 aliphatic heterocycles. The summed E-state index contributed by atoms with van der Waals surface area (Å²) in [4.78, 5) is 0. The number of nitrogens with one attached hydrogen (secondary N) is 1. The molecule has 1 aliphatic carbocycles. The molecule has 1 N–H and O–H groups in total. The van der Waals surface area contributed by atoms with E-state index < -0.39 is 0 Å². The lowest BCUT2D eigenvalue weighted by molar-refractivity contribution is 0.330. The molecule has 0 bridgehead atoms. The standard InChI is InChI=1S/C17H27NS/c1-3-12-18-14-17(11-13-19-2)10-6-8-15-7-4-5-9-16(15)17/h4-5,7,9,18H,3,6,8,10-14H2,1-2H3. The monoisotopic (exact) mass is 277 g/mol. The van der Waals surface area contributed by atoms with Crippen molar-refractivity contribution < 1.29 is 0 Å². The minimum Gasteiger partial charge on any atom is -0.316 e. The third kappa shape index (κ3) is 3.55. The molecule has 2 rings (SSSR count). The first kappa shape index (κ1) is 14.9. The molecule has 2 heteroatoms. The average Bonchev–Trinajstić information content (AvgIpc) is 2.46. The fourth-order valence-corrected chi connectivity index (χ4v) is 3.94. The zero-order valence-electron chi connectivity index (χ0n) is 12.4. The molecular weight excluding hydrogens is 250 g/mol. The van der Waals surface area contributed by atoms with Gasteiger partial charge in [0.2, 0.25) is 0 Å². The van der Waals surface area contributed by atoms with Crippen molar-refractivity contribution in [2.45, 2.75) is 44.4 Å². The SMILES string of the molecule is CCCNCC1(CCSC)CCCc2ccccc21. The highest BCUT2D eigenvalue weighted by Crippen LogP contribution is 2.40. The molecule has 1 atom stereocenters. The van der Waals surface area contributed by atoms with Crippen molar-refractivity contribution in [3.8, 4) is 0 Å². The highest BCUT2D eigenvalue weighted by molar-refractivity contribution is 7.98. The topological polar surface area (TPSA) is 12.0 Å². The minimum absolute atomic E-state index is 0.382. The summed E-state index contributed by atoms with van der Waals surface area (Å²) in [5, 5.41) is 3.69. The van der Waals surface area contributed by atoms with E-state index in [2.05, 4.69) is 42.8 Å². The number of rotatable bonds is 7. The lowest BCUT2D eigenvalue weighted by Crippen LogP contribution is -2.41. The van der Waals surface area contributed by atoms with Gasteiger partial charge in [-0.2, -0.15) is 11.8 Å². The Kier molecular flexibility index (Phi) is 5.77. The van der Waals surface area contributed by atoms with Crippen LogP contribution in [0.2, 0.25) is 0 Å². The Morgan fingerprint density at radius 1 is 1.32 bits per heavy atom. The fourth-order valence-electron chi connectivity index (χ4n) is 3.34. The molecule has 1 nitrogen and oxygen atoms in total. The van der Waals surface area contributed by atoms with Crippen LogP contribution in [0.4, 0.5) is 0 Å². The van der Waals surface area contributed by atoms with E-state index in [1.165, 1.54) is 37.9 Å². The van der Waals surface area contributed by atoms with Crippen LogP contribution >= 0.6 is 11.8 Å². The van der Waals surface area contributed by atoms with Gasteiger partial charge in [-0.05, 0) is 61.8 Å². The van der Waals surface area contributed by atoms with E-state index in [1.54, 1.807) is 11.1 Å². The van der Waals surface area contributed by atoms with Crippen molar-refractivity contribution in [2.75, 3.05) is 25.1 Å². The molecule has 0 amide bonds. The van der Waals surface area contributed by atoms with E-state index in [0.29, 0.717) is 5.41 Å². The maximum atomic E-state index is 3.69. The van der Waals surface area contributed by atoms with Crippen molar-refractivity contribution in [1.29, 1.82) is 0 Å². The van der Waals surface area contributed by atoms with E-state index in [9.17, 15) is 0 Å². The summed E-state index contributed by atoms with van der Waals surface area (Å²) in [5.74, 6) is 1.27. The summed E-state index contributed by atoms with van der Waals surface area (Å²) in [6.07, 6.45) is 8.72. The van der Waals surface area contributed by atoms with Crippen LogP contribution in [-0.2, 0) is 11.8 Å². The molecule has 0 fully saturated rings. The van der Waals surface area contributed by atoms with Crippen LogP contribution < -0.4 is 5.32 Å². The Bertz CT molecular complexity index is 391. The van der Waals surface area contributed by atoms with Crippen LogP contribution in [0.15, 0.2) is 24.3 Å². The summed E-state index contributed by atoms with van der Waals surface area (Å²) in [6, 6.07) is 9.13. The van der Waals surface area contributed by atoms with E-state index >= 15 is 0 Å². The normalized spacial score (nSPS) is 22.2. The molecule has 0 radical (unpaired) electrons. The molecule has 19 heavy (non-hydrogen) atoms. The highest BCUT2D eigenvalue weighted by Gasteiger charge is 2.35. The average molecular weight is 277 g/mol. The quantitative estimate of drug-likeness (QED) is 0.756. The number of thioether (sulfide) groups is 1. The molecule has 0 saturated carbocycles. The third-order valence-corrected chi connectivity index (χ3v) is 4.98. The minimum atomic E-state index is 0.382. The molecule has 1 aromatic carbocycles. The Hall–Kier alpha value is -0.470. The van der Waals surface area contributed by atoms with Gasteiger partial charge in [-0.3, -0.25) is 0 Å². The van der Waals surface area contributed by atoms with E-state index in [4.69, 9.17) is 0 Å². The molecule has 106 valence electrons. The van der Waals surface area contributed by atoms with Crippen LogP contribution in [0.25, 0.3) is 0 Å². The molecule has 1 unspecified atom stereocenters. The Morgan fingerprint density at radius 2 is 2.16 bits per heavy atom. The maximum absolute atomic E-state index is 3.69. The van der Waals surface area contributed by atoms with Crippen molar-refractivity contribution in [1.82, 2.24) is 5.32 Å². The molecule has 1 aliphatic rings. The predicted octanol–water partition coefficient (Wildman–Crippen LogP) is 4.01. The van der Waals surface area contributed by atoms with Gasteiger partial charge >= 0.3 is 0 Å². The summed E-state index contributed by atoms with van der Waals surface area (Å²) in [7, 11) is 0. The Labute approximate surface area is 122 Å².